The molecule has 0 spiro atoms. The van der Waals surface area contributed by atoms with Crippen molar-refractivity contribution < 1.29 is 24.2 Å². The molecule has 1 atom stereocenters. The number of carbonyl (C=O) groups is 2. The Morgan fingerprint density at radius 1 is 1.41 bits per heavy atom. The maximum atomic E-state index is 11.0. The standard InChI is InChI=1S/C11H13NO5/c1-16-8-4-3-6(9(14)11(12)15)7(5-13)10(8)17-2/h3-5,9,14H,1-2H3,(H2,12,15). The molecule has 6 nitrogen and oxygen atoms in total. The van der Waals surface area contributed by atoms with Crippen LogP contribution < -0.4 is 15.2 Å². The number of aldehydes is 1. The largest absolute Gasteiger partial charge is 0.493 e. The predicted octanol–water partition coefficient (Wildman–Crippen LogP) is 0.0350. The van der Waals surface area contributed by atoms with Crippen LogP contribution in [0.3, 0.4) is 0 Å². The number of aliphatic hydroxyl groups is 1. The molecule has 0 fully saturated rings. The van der Waals surface area contributed by atoms with E-state index < -0.39 is 12.0 Å². The predicted molar refractivity (Wildman–Crippen MR) is 59.1 cm³/mol. The van der Waals surface area contributed by atoms with Crippen molar-refractivity contribution in [3.63, 3.8) is 0 Å². The van der Waals surface area contributed by atoms with Gasteiger partial charge in [0.25, 0.3) is 5.91 Å². The first-order valence-electron chi connectivity index (χ1n) is 4.74. The lowest BCUT2D eigenvalue weighted by Crippen LogP contribution is -2.22. The average Bonchev–Trinajstić information content (AvgIpc) is 2.35. The van der Waals surface area contributed by atoms with Crippen molar-refractivity contribution in [2.75, 3.05) is 14.2 Å². The Labute approximate surface area is 97.9 Å². The Morgan fingerprint density at radius 3 is 2.47 bits per heavy atom. The number of benzene rings is 1. The molecule has 1 aromatic carbocycles. The first kappa shape index (κ1) is 13.0. The summed E-state index contributed by atoms with van der Waals surface area (Å²) in [5.74, 6) is -0.462. The molecule has 3 N–H and O–H groups in total. The number of rotatable bonds is 5. The summed E-state index contributed by atoms with van der Waals surface area (Å²) in [5, 5.41) is 9.56. The third-order valence-electron chi connectivity index (χ3n) is 2.30. The third kappa shape index (κ3) is 2.36. The molecule has 6 heteroatoms. The molecule has 0 aromatic heterocycles. The molecule has 1 rings (SSSR count). The first-order valence-corrected chi connectivity index (χ1v) is 4.74. The van der Waals surface area contributed by atoms with Gasteiger partial charge in [-0.15, -0.1) is 0 Å². The summed E-state index contributed by atoms with van der Waals surface area (Å²) >= 11 is 0. The van der Waals surface area contributed by atoms with Crippen LogP contribution >= 0.6 is 0 Å². The van der Waals surface area contributed by atoms with E-state index in [4.69, 9.17) is 15.2 Å². The second-order valence-corrected chi connectivity index (χ2v) is 3.23. The molecule has 0 saturated carbocycles. The zero-order valence-electron chi connectivity index (χ0n) is 9.47. The average molecular weight is 239 g/mol. The van der Waals surface area contributed by atoms with Crippen molar-refractivity contribution in [3.8, 4) is 11.5 Å². The molecule has 1 aromatic rings. The van der Waals surface area contributed by atoms with Gasteiger partial charge in [0.05, 0.1) is 19.8 Å². The summed E-state index contributed by atoms with van der Waals surface area (Å²) in [6.45, 7) is 0. The Hall–Kier alpha value is -2.08. The molecule has 0 aliphatic carbocycles. The van der Waals surface area contributed by atoms with E-state index in [-0.39, 0.29) is 16.9 Å². The summed E-state index contributed by atoms with van der Waals surface area (Å²) in [7, 11) is 2.77. The number of carbonyl (C=O) groups excluding carboxylic acids is 2. The Bertz CT molecular complexity index is 444. The summed E-state index contributed by atoms with van der Waals surface area (Å²) < 4.78 is 10.0. The van der Waals surface area contributed by atoms with E-state index >= 15 is 0 Å². The molecule has 0 saturated heterocycles. The molecule has 0 aliphatic heterocycles. The lowest BCUT2D eigenvalue weighted by atomic mass is 10.0. The summed E-state index contributed by atoms with van der Waals surface area (Å²) in [6, 6.07) is 2.87. The van der Waals surface area contributed by atoms with E-state index in [0.717, 1.165) is 0 Å². The van der Waals surface area contributed by atoms with Crippen molar-refractivity contribution in [2.45, 2.75) is 6.10 Å². The fourth-order valence-corrected chi connectivity index (χ4v) is 1.48. The summed E-state index contributed by atoms with van der Waals surface area (Å²) in [4.78, 5) is 21.9. The fourth-order valence-electron chi connectivity index (χ4n) is 1.48. The number of primary amides is 1. The number of aliphatic hydroxyl groups excluding tert-OH is 1. The van der Waals surface area contributed by atoms with Crippen LogP contribution in [0.4, 0.5) is 0 Å². The minimum atomic E-state index is -1.56. The lowest BCUT2D eigenvalue weighted by molar-refractivity contribution is -0.126. The minimum absolute atomic E-state index is 0.0400. The van der Waals surface area contributed by atoms with E-state index in [2.05, 4.69) is 0 Å². The Morgan fingerprint density at radius 2 is 2.06 bits per heavy atom. The van der Waals surface area contributed by atoms with Gasteiger partial charge in [0.1, 0.15) is 0 Å². The van der Waals surface area contributed by atoms with Crippen LogP contribution in [-0.2, 0) is 4.79 Å². The van der Waals surface area contributed by atoms with Crippen LogP contribution in [0, 0.1) is 0 Å². The van der Waals surface area contributed by atoms with Crippen LogP contribution in [0.25, 0.3) is 0 Å². The number of ether oxygens (including phenoxy) is 2. The van der Waals surface area contributed by atoms with Gasteiger partial charge in [-0.2, -0.15) is 0 Å². The normalized spacial score (nSPS) is 11.7. The molecular formula is C11H13NO5. The maximum Gasteiger partial charge on any atom is 0.250 e. The highest BCUT2D eigenvalue weighted by Crippen LogP contribution is 2.34. The van der Waals surface area contributed by atoms with E-state index in [1.165, 1.54) is 26.4 Å². The minimum Gasteiger partial charge on any atom is -0.493 e. The van der Waals surface area contributed by atoms with Crippen LogP contribution in [0.15, 0.2) is 12.1 Å². The van der Waals surface area contributed by atoms with Gasteiger partial charge < -0.3 is 20.3 Å². The van der Waals surface area contributed by atoms with Gasteiger partial charge in [-0.25, -0.2) is 0 Å². The first-order chi connectivity index (χ1) is 8.06. The Kier molecular flexibility index (Phi) is 4.06. The third-order valence-corrected chi connectivity index (χ3v) is 2.30. The zero-order valence-corrected chi connectivity index (χ0v) is 9.47. The highest BCUT2D eigenvalue weighted by Gasteiger charge is 2.22. The van der Waals surface area contributed by atoms with E-state index in [9.17, 15) is 14.7 Å². The van der Waals surface area contributed by atoms with Crippen molar-refractivity contribution in [3.05, 3.63) is 23.3 Å². The number of nitrogens with two attached hydrogens (primary N) is 1. The molecule has 0 bridgehead atoms. The van der Waals surface area contributed by atoms with Crippen molar-refractivity contribution in [2.24, 2.45) is 5.73 Å². The van der Waals surface area contributed by atoms with Crippen molar-refractivity contribution in [1.29, 1.82) is 0 Å². The van der Waals surface area contributed by atoms with Gasteiger partial charge in [-0.05, 0) is 6.07 Å². The lowest BCUT2D eigenvalue weighted by Gasteiger charge is -2.15. The second kappa shape index (κ2) is 5.31. The second-order valence-electron chi connectivity index (χ2n) is 3.23. The SMILES string of the molecule is COc1ccc(C(O)C(N)=O)c(C=O)c1OC. The summed E-state index contributed by atoms with van der Waals surface area (Å²) in [6.07, 6.45) is -1.09. The smallest absolute Gasteiger partial charge is 0.250 e. The quantitative estimate of drug-likeness (QED) is 0.706. The molecule has 92 valence electrons. The van der Waals surface area contributed by atoms with Gasteiger partial charge in [-0.3, -0.25) is 9.59 Å². The Balaban J connectivity index is 3.43. The van der Waals surface area contributed by atoms with Gasteiger partial charge >= 0.3 is 0 Å². The number of hydrogen-bond donors (Lipinski definition) is 2. The van der Waals surface area contributed by atoms with E-state index in [1.54, 1.807) is 0 Å². The molecule has 0 heterocycles. The summed E-state index contributed by atoms with van der Waals surface area (Å²) in [5.41, 5.74) is 5.10. The zero-order chi connectivity index (χ0) is 13.0. The van der Waals surface area contributed by atoms with Gasteiger partial charge in [-0.1, -0.05) is 6.07 Å². The highest BCUT2D eigenvalue weighted by molar-refractivity contribution is 5.89. The number of amides is 1. The molecule has 0 aliphatic rings. The van der Waals surface area contributed by atoms with Crippen LogP contribution in [0.1, 0.15) is 22.0 Å². The monoisotopic (exact) mass is 239 g/mol. The van der Waals surface area contributed by atoms with Crippen LogP contribution in [0.2, 0.25) is 0 Å². The van der Waals surface area contributed by atoms with Crippen LogP contribution in [0.5, 0.6) is 11.5 Å². The van der Waals surface area contributed by atoms with E-state index in [0.29, 0.717) is 12.0 Å². The molecule has 17 heavy (non-hydrogen) atoms. The maximum absolute atomic E-state index is 11.0. The number of methoxy groups -OCH3 is 2. The molecule has 1 unspecified atom stereocenters. The van der Waals surface area contributed by atoms with Crippen molar-refractivity contribution >= 4 is 12.2 Å². The molecule has 0 radical (unpaired) electrons. The van der Waals surface area contributed by atoms with Gasteiger partial charge in [0, 0.05) is 5.56 Å². The topological polar surface area (TPSA) is 98.9 Å². The van der Waals surface area contributed by atoms with E-state index in [1.807, 2.05) is 0 Å². The fraction of sp³-hybridized carbons (Fsp3) is 0.273. The van der Waals surface area contributed by atoms with Crippen LogP contribution in [-0.4, -0.2) is 31.5 Å². The van der Waals surface area contributed by atoms with Gasteiger partial charge in [0.15, 0.2) is 23.9 Å². The van der Waals surface area contributed by atoms with Gasteiger partial charge in [0.2, 0.25) is 0 Å². The number of hydrogen-bond acceptors (Lipinski definition) is 5. The molecule has 1 amide bonds. The molecular weight excluding hydrogens is 226 g/mol. The van der Waals surface area contributed by atoms with Crippen molar-refractivity contribution in [1.82, 2.24) is 0 Å². The highest BCUT2D eigenvalue weighted by atomic mass is 16.5.